The van der Waals surface area contributed by atoms with Crippen molar-refractivity contribution >= 4 is 26.0 Å². The van der Waals surface area contributed by atoms with E-state index < -0.39 is 10.0 Å². The van der Waals surface area contributed by atoms with Crippen LogP contribution in [0.4, 0.5) is 0 Å². The number of likely N-dealkylation sites (N-methyl/N-ethyl adjacent to an activating group) is 1. The molecule has 0 spiro atoms. The molecule has 0 aliphatic carbocycles. The maximum atomic E-state index is 13.0. The highest BCUT2D eigenvalue weighted by Gasteiger charge is 2.35. The summed E-state index contributed by atoms with van der Waals surface area (Å²) in [6, 6.07) is 14.8. The van der Waals surface area contributed by atoms with Crippen molar-refractivity contribution in [3.8, 4) is 5.75 Å². The minimum atomic E-state index is -3.70. The predicted octanol–water partition coefficient (Wildman–Crippen LogP) is 2.83. The van der Waals surface area contributed by atoms with Crippen molar-refractivity contribution in [2.45, 2.75) is 16.9 Å². The lowest BCUT2D eigenvalue weighted by molar-refractivity contribution is 0.399. The smallest absolute Gasteiger partial charge is 0.244 e. The molecule has 2 unspecified atom stereocenters. The van der Waals surface area contributed by atoms with Crippen LogP contribution in [-0.4, -0.2) is 46.6 Å². The topological polar surface area (TPSA) is 58.6 Å². The van der Waals surface area contributed by atoms with E-state index in [1.54, 1.807) is 18.2 Å². The predicted molar refractivity (Wildman–Crippen MR) is 101 cm³/mol. The fraction of sp³-hybridized carbons (Fsp3) is 0.333. The zero-order chi connectivity index (χ0) is 18.0. The van der Waals surface area contributed by atoms with E-state index in [9.17, 15) is 8.42 Å². The number of nitrogens with one attached hydrogen (secondary N) is 1. The molecule has 2 aromatic rings. The van der Waals surface area contributed by atoms with Gasteiger partial charge in [0.05, 0.1) is 7.11 Å². The average molecular weight is 425 g/mol. The Morgan fingerprint density at radius 1 is 1.16 bits per heavy atom. The van der Waals surface area contributed by atoms with Gasteiger partial charge in [-0.25, -0.2) is 13.1 Å². The normalized spacial score (nSPS) is 21.4. The monoisotopic (exact) mass is 424 g/mol. The van der Waals surface area contributed by atoms with E-state index in [1.165, 1.54) is 7.11 Å². The highest BCUT2D eigenvalue weighted by Crippen LogP contribution is 2.31. The standard InChI is InChI=1S/C18H21BrN2O3S/c1-21-11-15(13-6-4-3-5-7-13)16(12-21)20-25(22,23)18-10-14(19)8-9-17(18)24-2/h3-10,15-16,20H,11-12H2,1-2H3. The zero-order valence-electron chi connectivity index (χ0n) is 14.1. The molecule has 0 radical (unpaired) electrons. The Morgan fingerprint density at radius 2 is 1.88 bits per heavy atom. The molecule has 0 saturated carbocycles. The Morgan fingerprint density at radius 3 is 2.56 bits per heavy atom. The van der Waals surface area contributed by atoms with Crippen LogP contribution in [0.2, 0.25) is 0 Å². The molecule has 1 aliphatic heterocycles. The van der Waals surface area contributed by atoms with E-state index in [0.717, 1.165) is 12.1 Å². The van der Waals surface area contributed by atoms with Gasteiger partial charge in [0.15, 0.2) is 0 Å². The van der Waals surface area contributed by atoms with Crippen molar-refractivity contribution in [1.29, 1.82) is 0 Å². The van der Waals surface area contributed by atoms with Gasteiger partial charge >= 0.3 is 0 Å². The van der Waals surface area contributed by atoms with E-state index in [0.29, 0.717) is 16.8 Å². The molecule has 7 heteroatoms. The maximum Gasteiger partial charge on any atom is 0.244 e. The number of nitrogens with zero attached hydrogens (tertiary/aromatic N) is 1. The minimum absolute atomic E-state index is 0.110. The number of rotatable bonds is 5. The van der Waals surface area contributed by atoms with Crippen molar-refractivity contribution in [2.24, 2.45) is 0 Å². The maximum absolute atomic E-state index is 13.0. The van der Waals surface area contributed by atoms with Crippen molar-refractivity contribution < 1.29 is 13.2 Å². The van der Waals surface area contributed by atoms with E-state index in [1.807, 2.05) is 37.4 Å². The fourth-order valence-electron chi connectivity index (χ4n) is 3.28. The van der Waals surface area contributed by atoms with Crippen LogP contribution in [0.1, 0.15) is 11.5 Å². The number of benzene rings is 2. The molecule has 0 amide bonds. The third-order valence-corrected chi connectivity index (χ3v) is 6.46. The van der Waals surface area contributed by atoms with Crippen LogP contribution in [0, 0.1) is 0 Å². The summed E-state index contributed by atoms with van der Waals surface area (Å²) in [4.78, 5) is 2.29. The molecule has 1 aliphatic rings. The van der Waals surface area contributed by atoms with Crippen molar-refractivity contribution in [2.75, 3.05) is 27.2 Å². The Bertz CT molecular complexity index is 843. The summed E-state index contributed by atoms with van der Waals surface area (Å²) in [5.41, 5.74) is 1.14. The lowest BCUT2D eigenvalue weighted by Crippen LogP contribution is -2.39. The van der Waals surface area contributed by atoms with E-state index >= 15 is 0 Å². The van der Waals surface area contributed by atoms with E-state index in [-0.39, 0.29) is 16.9 Å². The van der Waals surface area contributed by atoms with Gasteiger partial charge < -0.3 is 9.64 Å². The van der Waals surface area contributed by atoms with Gasteiger partial charge in [0.25, 0.3) is 0 Å². The Kier molecular flexibility index (Phi) is 5.48. The first-order valence-corrected chi connectivity index (χ1v) is 10.3. The molecule has 25 heavy (non-hydrogen) atoms. The van der Waals surface area contributed by atoms with Gasteiger partial charge in [-0.05, 0) is 30.8 Å². The molecule has 1 fully saturated rings. The molecule has 0 bridgehead atoms. The summed E-state index contributed by atoms with van der Waals surface area (Å²) < 4.78 is 34.8. The van der Waals surface area contributed by atoms with Gasteiger partial charge in [0.1, 0.15) is 10.6 Å². The number of hydrogen-bond donors (Lipinski definition) is 1. The number of ether oxygens (including phenoxy) is 1. The Balaban J connectivity index is 1.91. The second-order valence-corrected chi connectivity index (χ2v) is 8.86. The highest BCUT2D eigenvalue weighted by atomic mass is 79.9. The van der Waals surface area contributed by atoms with Crippen LogP contribution in [0.3, 0.4) is 0 Å². The second-order valence-electron chi connectivity index (χ2n) is 6.26. The number of likely N-dealkylation sites (tertiary alicyclic amines) is 1. The van der Waals surface area contributed by atoms with Gasteiger partial charge in [0.2, 0.25) is 10.0 Å². The zero-order valence-corrected chi connectivity index (χ0v) is 16.5. The summed E-state index contributed by atoms with van der Waals surface area (Å²) >= 11 is 3.33. The van der Waals surface area contributed by atoms with Crippen LogP contribution in [0.15, 0.2) is 57.9 Å². The van der Waals surface area contributed by atoms with Crippen LogP contribution in [-0.2, 0) is 10.0 Å². The summed E-state index contributed by atoms with van der Waals surface area (Å²) in [6.45, 7) is 1.47. The first-order chi connectivity index (χ1) is 11.9. The number of methoxy groups -OCH3 is 1. The molecule has 1 N–H and O–H groups in total. The van der Waals surface area contributed by atoms with Crippen molar-refractivity contribution in [3.05, 3.63) is 58.6 Å². The average Bonchev–Trinajstić information content (AvgIpc) is 2.95. The third kappa shape index (κ3) is 4.06. The third-order valence-electron chi connectivity index (χ3n) is 4.45. The fourth-order valence-corrected chi connectivity index (χ4v) is 5.26. The first-order valence-electron chi connectivity index (χ1n) is 8.00. The first kappa shape index (κ1) is 18.4. The molecule has 134 valence electrons. The van der Waals surface area contributed by atoms with Crippen LogP contribution < -0.4 is 9.46 Å². The van der Waals surface area contributed by atoms with Crippen molar-refractivity contribution in [3.63, 3.8) is 0 Å². The van der Waals surface area contributed by atoms with Gasteiger partial charge in [-0.3, -0.25) is 0 Å². The van der Waals surface area contributed by atoms with Gasteiger partial charge in [-0.15, -0.1) is 0 Å². The molecular weight excluding hydrogens is 404 g/mol. The van der Waals surface area contributed by atoms with Crippen LogP contribution >= 0.6 is 15.9 Å². The van der Waals surface area contributed by atoms with Gasteiger partial charge in [-0.2, -0.15) is 0 Å². The van der Waals surface area contributed by atoms with E-state index in [2.05, 4.69) is 25.6 Å². The van der Waals surface area contributed by atoms with Crippen molar-refractivity contribution in [1.82, 2.24) is 9.62 Å². The summed E-state index contributed by atoms with van der Waals surface area (Å²) in [5.74, 6) is 0.442. The molecule has 1 heterocycles. The van der Waals surface area contributed by atoms with Crippen LogP contribution in [0.5, 0.6) is 5.75 Å². The SMILES string of the molecule is COc1ccc(Br)cc1S(=O)(=O)NC1CN(C)CC1c1ccccc1. The summed E-state index contributed by atoms with van der Waals surface area (Å²) in [6.07, 6.45) is 0. The summed E-state index contributed by atoms with van der Waals surface area (Å²) in [7, 11) is -0.230. The number of sulfonamides is 1. The van der Waals surface area contributed by atoms with Gasteiger partial charge in [0, 0.05) is 29.5 Å². The Hall–Kier alpha value is -1.41. The molecule has 0 aromatic heterocycles. The number of halogens is 1. The minimum Gasteiger partial charge on any atom is -0.495 e. The quantitative estimate of drug-likeness (QED) is 0.801. The van der Waals surface area contributed by atoms with Crippen LogP contribution in [0.25, 0.3) is 0 Å². The molecular formula is C18H21BrN2O3S. The molecule has 5 nitrogen and oxygen atoms in total. The lowest BCUT2D eigenvalue weighted by atomic mass is 9.95. The Labute approximate surface area is 157 Å². The molecule has 3 rings (SSSR count). The molecule has 1 saturated heterocycles. The second kappa shape index (κ2) is 7.45. The lowest BCUT2D eigenvalue weighted by Gasteiger charge is -2.21. The number of hydrogen-bond acceptors (Lipinski definition) is 4. The van der Waals surface area contributed by atoms with E-state index in [4.69, 9.17) is 4.74 Å². The molecule has 2 aromatic carbocycles. The summed E-state index contributed by atoms with van der Waals surface area (Å²) in [5, 5.41) is 0. The van der Waals surface area contributed by atoms with Gasteiger partial charge in [-0.1, -0.05) is 46.3 Å². The molecule has 2 atom stereocenters. The largest absolute Gasteiger partial charge is 0.495 e. The highest BCUT2D eigenvalue weighted by molar-refractivity contribution is 9.10.